The number of pyridine rings is 1. The number of nitriles is 1. The van der Waals surface area contributed by atoms with E-state index in [-0.39, 0.29) is 21.9 Å². The Balaban J connectivity index is 2.07. The summed E-state index contributed by atoms with van der Waals surface area (Å²) in [5.74, 6) is 0.114. The summed E-state index contributed by atoms with van der Waals surface area (Å²) in [4.78, 5) is 14.0. The van der Waals surface area contributed by atoms with Crippen molar-refractivity contribution in [2.24, 2.45) is 5.92 Å². The van der Waals surface area contributed by atoms with Gasteiger partial charge in [-0.15, -0.1) is 0 Å². The van der Waals surface area contributed by atoms with Crippen molar-refractivity contribution in [2.75, 3.05) is 18.0 Å². The van der Waals surface area contributed by atoms with Crippen molar-refractivity contribution in [3.8, 4) is 6.07 Å². The first-order chi connectivity index (χ1) is 10.6. The Morgan fingerprint density at radius 3 is 3.00 bits per heavy atom. The van der Waals surface area contributed by atoms with Crippen LogP contribution in [0, 0.1) is 23.1 Å². The van der Waals surface area contributed by atoms with E-state index in [0.29, 0.717) is 24.2 Å². The molecule has 0 spiro atoms. The molecule has 0 saturated carbocycles. The Hall–Kier alpha value is -1.71. The molecule has 3 heterocycles. The fourth-order valence-electron chi connectivity index (χ4n) is 2.79. The molecule has 3 rings (SSSR count). The van der Waals surface area contributed by atoms with Crippen LogP contribution in [0.5, 0.6) is 0 Å². The number of rotatable bonds is 2. The molecule has 0 N–H and O–H groups in total. The van der Waals surface area contributed by atoms with E-state index < -0.39 is 5.82 Å². The van der Waals surface area contributed by atoms with E-state index in [4.69, 9.17) is 28.5 Å². The average Bonchev–Trinajstić information content (AvgIpc) is 2.51. The SMILES string of the molecule is N#CCC1CCCN(c2nc(Cl)nc3c(F)c(Cl)ncc23)C1. The van der Waals surface area contributed by atoms with Gasteiger partial charge < -0.3 is 4.90 Å². The predicted octanol–water partition coefficient (Wildman–Crippen LogP) is 3.60. The zero-order valence-corrected chi connectivity index (χ0v) is 13.1. The van der Waals surface area contributed by atoms with Gasteiger partial charge in [-0.05, 0) is 30.4 Å². The van der Waals surface area contributed by atoms with Gasteiger partial charge >= 0.3 is 0 Å². The van der Waals surface area contributed by atoms with Crippen LogP contribution >= 0.6 is 23.2 Å². The summed E-state index contributed by atoms with van der Waals surface area (Å²) in [7, 11) is 0. The summed E-state index contributed by atoms with van der Waals surface area (Å²) in [5.41, 5.74) is 0.0670. The molecule has 0 radical (unpaired) electrons. The maximum absolute atomic E-state index is 14.1. The molecule has 8 heteroatoms. The van der Waals surface area contributed by atoms with Gasteiger partial charge in [0.2, 0.25) is 5.28 Å². The van der Waals surface area contributed by atoms with Gasteiger partial charge in [-0.3, -0.25) is 0 Å². The molecule has 0 bridgehead atoms. The van der Waals surface area contributed by atoms with E-state index in [1.165, 1.54) is 6.20 Å². The summed E-state index contributed by atoms with van der Waals surface area (Å²) in [6.45, 7) is 1.45. The first-order valence-electron chi connectivity index (χ1n) is 6.89. The van der Waals surface area contributed by atoms with Gasteiger partial charge in [0.15, 0.2) is 11.0 Å². The van der Waals surface area contributed by atoms with Crippen LogP contribution in [0.2, 0.25) is 10.4 Å². The molecule has 1 aliphatic rings. The van der Waals surface area contributed by atoms with E-state index in [9.17, 15) is 4.39 Å². The van der Waals surface area contributed by atoms with Crippen LogP contribution in [0.15, 0.2) is 6.20 Å². The minimum atomic E-state index is -0.699. The second-order valence-corrected chi connectivity index (χ2v) is 5.95. The van der Waals surface area contributed by atoms with E-state index in [0.717, 1.165) is 19.4 Å². The molecular weight excluding hydrogens is 328 g/mol. The zero-order chi connectivity index (χ0) is 15.7. The van der Waals surface area contributed by atoms with Crippen molar-refractivity contribution < 1.29 is 4.39 Å². The van der Waals surface area contributed by atoms with Crippen molar-refractivity contribution in [3.63, 3.8) is 0 Å². The lowest BCUT2D eigenvalue weighted by Gasteiger charge is -2.33. The topological polar surface area (TPSA) is 65.7 Å². The van der Waals surface area contributed by atoms with E-state index in [1.54, 1.807) is 0 Å². The molecule has 5 nitrogen and oxygen atoms in total. The van der Waals surface area contributed by atoms with E-state index in [1.807, 2.05) is 4.90 Å². The van der Waals surface area contributed by atoms with Crippen molar-refractivity contribution in [2.45, 2.75) is 19.3 Å². The van der Waals surface area contributed by atoms with Gasteiger partial charge in [0.05, 0.1) is 11.5 Å². The second kappa shape index (κ2) is 6.19. The number of halogens is 3. The lowest BCUT2D eigenvalue weighted by Crippen LogP contribution is -2.36. The maximum atomic E-state index is 14.1. The maximum Gasteiger partial charge on any atom is 0.225 e. The smallest absolute Gasteiger partial charge is 0.225 e. The summed E-state index contributed by atoms with van der Waals surface area (Å²) in [6, 6.07) is 2.20. The number of hydrogen-bond acceptors (Lipinski definition) is 5. The third kappa shape index (κ3) is 2.79. The quantitative estimate of drug-likeness (QED) is 0.617. The molecule has 0 aliphatic carbocycles. The molecule has 1 aliphatic heterocycles. The van der Waals surface area contributed by atoms with E-state index >= 15 is 0 Å². The van der Waals surface area contributed by atoms with Crippen molar-refractivity contribution in [3.05, 3.63) is 22.5 Å². The van der Waals surface area contributed by atoms with Gasteiger partial charge in [0, 0.05) is 25.7 Å². The Morgan fingerprint density at radius 1 is 1.41 bits per heavy atom. The summed E-state index contributed by atoms with van der Waals surface area (Å²) >= 11 is 11.6. The van der Waals surface area contributed by atoms with Crippen molar-refractivity contribution in [1.29, 1.82) is 5.26 Å². The van der Waals surface area contributed by atoms with Crippen molar-refractivity contribution >= 4 is 39.9 Å². The molecule has 2 aromatic rings. The third-order valence-electron chi connectivity index (χ3n) is 3.79. The molecule has 0 amide bonds. The predicted molar refractivity (Wildman–Crippen MR) is 82.5 cm³/mol. The number of nitrogens with zero attached hydrogens (tertiary/aromatic N) is 5. The molecule has 22 heavy (non-hydrogen) atoms. The van der Waals surface area contributed by atoms with Crippen LogP contribution in [-0.4, -0.2) is 28.0 Å². The van der Waals surface area contributed by atoms with E-state index in [2.05, 4.69) is 21.0 Å². The van der Waals surface area contributed by atoms with Crippen LogP contribution in [0.1, 0.15) is 19.3 Å². The highest BCUT2D eigenvalue weighted by Crippen LogP contribution is 2.31. The van der Waals surface area contributed by atoms with Crippen molar-refractivity contribution in [1.82, 2.24) is 15.0 Å². The molecular formula is C14H12Cl2FN5. The summed E-state index contributed by atoms with van der Waals surface area (Å²) in [5, 5.41) is 9.07. The molecule has 0 aromatic carbocycles. The molecule has 114 valence electrons. The standard InChI is InChI=1S/C14H12Cl2FN5/c15-12-10(17)11-9(6-19-12)13(21-14(16)20-11)22-5-1-2-8(7-22)3-4-18/h6,8H,1-3,5,7H2. The van der Waals surface area contributed by atoms with Gasteiger partial charge in [0.1, 0.15) is 11.3 Å². The average molecular weight is 340 g/mol. The first kappa shape index (κ1) is 15.2. The van der Waals surface area contributed by atoms with Crippen LogP contribution < -0.4 is 4.90 Å². The fraction of sp³-hybridized carbons (Fsp3) is 0.429. The lowest BCUT2D eigenvalue weighted by molar-refractivity contribution is 0.420. The molecule has 1 saturated heterocycles. The monoisotopic (exact) mass is 339 g/mol. The van der Waals surface area contributed by atoms with Gasteiger partial charge in [-0.1, -0.05) is 11.6 Å². The zero-order valence-electron chi connectivity index (χ0n) is 11.6. The van der Waals surface area contributed by atoms with Crippen LogP contribution in [0.4, 0.5) is 10.2 Å². The third-order valence-corrected chi connectivity index (χ3v) is 4.23. The Kier molecular flexibility index (Phi) is 4.27. The summed E-state index contributed by atoms with van der Waals surface area (Å²) < 4.78 is 14.1. The van der Waals surface area contributed by atoms with Gasteiger partial charge in [0.25, 0.3) is 0 Å². The molecule has 1 fully saturated rings. The number of hydrogen-bond donors (Lipinski definition) is 0. The minimum Gasteiger partial charge on any atom is -0.356 e. The number of piperidine rings is 1. The normalized spacial score (nSPS) is 18.5. The Bertz CT molecular complexity index is 761. The molecule has 2 aromatic heterocycles. The highest BCUT2D eigenvalue weighted by Gasteiger charge is 2.24. The largest absolute Gasteiger partial charge is 0.356 e. The van der Waals surface area contributed by atoms with Crippen LogP contribution in [0.25, 0.3) is 10.9 Å². The number of aromatic nitrogens is 3. The highest BCUT2D eigenvalue weighted by molar-refractivity contribution is 6.30. The number of fused-ring (bicyclic) bond motifs is 1. The number of anilines is 1. The second-order valence-electron chi connectivity index (χ2n) is 5.26. The molecule has 1 atom stereocenters. The van der Waals surface area contributed by atoms with Crippen LogP contribution in [-0.2, 0) is 0 Å². The first-order valence-corrected chi connectivity index (χ1v) is 7.65. The lowest BCUT2D eigenvalue weighted by atomic mass is 9.95. The molecule has 1 unspecified atom stereocenters. The van der Waals surface area contributed by atoms with Gasteiger partial charge in [-0.2, -0.15) is 10.2 Å². The fourth-order valence-corrected chi connectivity index (χ4v) is 3.09. The Morgan fingerprint density at radius 2 is 2.23 bits per heavy atom. The highest BCUT2D eigenvalue weighted by atomic mass is 35.5. The summed E-state index contributed by atoms with van der Waals surface area (Å²) in [6.07, 6.45) is 3.89. The van der Waals surface area contributed by atoms with Gasteiger partial charge in [-0.25, -0.2) is 14.4 Å². The Labute approximate surface area is 136 Å². The van der Waals surface area contributed by atoms with Crippen LogP contribution in [0.3, 0.4) is 0 Å². The minimum absolute atomic E-state index is 0.0360.